The minimum atomic E-state index is -4.57. The van der Waals surface area contributed by atoms with Crippen molar-refractivity contribution in [2.75, 3.05) is 6.54 Å². The number of aliphatic imine (C=N–C) groups is 1. The predicted molar refractivity (Wildman–Crippen MR) is 71.7 cm³/mol. The summed E-state index contributed by atoms with van der Waals surface area (Å²) in [6, 6.07) is 5.02. The van der Waals surface area contributed by atoms with E-state index in [0.29, 0.717) is 10.5 Å². The van der Waals surface area contributed by atoms with E-state index in [0.717, 1.165) is 0 Å². The van der Waals surface area contributed by atoms with E-state index in [-0.39, 0.29) is 5.56 Å². The molecule has 6 nitrogen and oxygen atoms in total. The van der Waals surface area contributed by atoms with Crippen LogP contribution in [0.4, 0.5) is 13.2 Å². The molecule has 1 unspecified atom stereocenters. The molecule has 4 N–H and O–H groups in total. The molecule has 0 spiro atoms. The molecule has 0 radical (unpaired) electrons. The van der Waals surface area contributed by atoms with Crippen LogP contribution in [0, 0.1) is 0 Å². The summed E-state index contributed by atoms with van der Waals surface area (Å²) in [6.07, 6.45) is -4.99. The van der Waals surface area contributed by atoms with Crippen molar-refractivity contribution in [2.24, 2.45) is 16.5 Å². The predicted octanol–water partition coefficient (Wildman–Crippen LogP) is 0.936. The lowest BCUT2D eigenvalue weighted by Crippen LogP contribution is -2.37. The molecule has 1 aromatic carbocycles. The molecule has 2 amide bonds. The number of rotatable bonds is 3. The Labute approximate surface area is 123 Å². The van der Waals surface area contributed by atoms with Gasteiger partial charge >= 0.3 is 6.18 Å². The Morgan fingerprint density at radius 3 is 2.50 bits per heavy atom. The lowest BCUT2D eigenvalue weighted by Gasteiger charge is -2.25. The number of guanidine groups is 1. The van der Waals surface area contributed by atoms with E-state index in [1.165, 1.54) is 12.1 Å². The first-order valence-corrected chi connectivity index (χ1v) is 6.28. The molecule has 118 valence electrons. The van der Waals surface area contributed by atoms with Gasteiger partial charge in [-0.2, -0.15) is 18.2 Å². The van der Waals surface area contributed by atoms with Crippen LogP contribution in [-0.2, 0) is 4.79 Å². The molecule has 0 aromatic heterocycles. The van der Waals surface area contributed by atoms with Crippen molar-refractivity contribution in [3.8, 4) is 0 Å². The van der Waals surface area contributed by atoms with E-state index in [9.17, 15) is 22.8 Å². The summed E-state index contributed by atoms with van der Waals surface area (Å²) in [6.45, 7) is -1.44. The van der Waals surface area contributed by atoms with Crippen LogP contribution in [0.2, 0.25) is 0 Å². The molecule has 1 atom stereocenters. The minimum absolute atomic E-state index is 0.147. The number of amides is 2. The molecule has 0 saturated carbocycles. The first-order chi connectivity index (χ1) is 10.2. The van der Waals surface area contributed by atoms with Gasteiger partial charge in [0.1, 0.15) is 6.54 Å². The van der Waals surface area contributed by atoms with Crippen LogP contribution in [0.5, 0.6) is 0 Å². The molecule has 1 aliphatic heterocycles. The van der Waals surface area contributed by atoms with Crippen LogP contribution in [0.25, 0.3) is 0 Å². The van der Waals surface area contributed by atoms with Gasteiger partial charge in [-0.1, -0.05) is 18.2 Å². The average molecular weight is 314 g/mol. The van der Waals surface area contributed by atoms with Gasteiger partial charge < -0.3 is 16.4 Å². The Morgan fingerprint density at radius 1 is 1.27 bits per heavy atom. The van der Waals surface area contributed by atoms with Crippen molar-refractivity contribution < 1.29 is 22.8 Å². The number of halogens is 3. The third-order valence-electron chi connectivity index (χ3n) is 3.16. The maximum absolute atomic E-state index is 12.7. The summed E-state index contributed by atoms with van der Waals surface area (Å²) in [5.74, 6) is -2.04. The van der Waals surface area contributed by atoms with Gasteiger partial charge in [0.2, 0.25) is 0 Å². The second-order valence-electron chi connectivity index (χ2n) is 4.79. The lowest BCUT2D eigenvalue weighted by molar-refractivity contribution is -0.145. The van der Waals surface area contributed by atoms with Gasteiger partial charge in [0.15, 0.2) is 5.96 Å². The van der Waals surface area contributed by atoms with Gasteiger partial charge in [0, 0.05) is 5.56 Å². The number of nitrogens with zero attached hydrogens (tertiary/aromatic N) is 2. The van der Waals surface area contributed by atoms with Crippen LogP contribution >= 0.6 is 0 Å². The molecular formula is C13H13F3N4O2. The fourth-order valence-corrected chi connectivity index (χ4v) is 2.40. The molecule has 22 heavy (non-hydrogen) atoms. The summed E-state index contributed by atoms with van der Waals surface area (Å²) in [5.41, 5.74) is 10.6. The Balaban J connectivity index is 2.34. The van der Waals surface area contributed by atoms with Gasteiger partial charge in [-0.3, -0.25) is 9.59 Å². The van der Waals surface area contributed by atoms with Crippen molar-refractivity contribution in [2.45, 2.75) is 18.6 Å². The van der Waals surface area contributed by atoms with E-state index in [4.69, 9.17) is 11.5 Å². The maximum Gasteiger partial charge on any atom is 0.406 e. The van der Waals surface area contributed by atoms with Crippen molar-refractivity contribution in [3.63, 3.8) is 0 Å². The molecule has 0 saturated heterocycles. The molecule has 9 heteroatoms. The number of alkyl halides is 3. The molecule has 1 heterocycles. The quantitative estimate of drug-likeness (QED) is 0.640. The van der Waals surface area contributed by atoms with Crippen LogP contribution in [0.3, 0.4) is 0 Å². The zero-order chi connectivity index (χ0) is 16.5. The first kappa shape index (κ1) is 15.8. The molecule has 1 aromatic rings. The SMILES string of the molecule is NC(N)=NC(=O)CC1c2ccccc2C(=O)N1CC(F)(F)F. The van der Waals surface area contributed by atoms with Crippen LogP contribution in [0.1, 0.15) is 28.4 Å². The summed E-state index contributed by atoms with van der Waals surface area (Å²) in [7, 11) is 0. The molecule has 0 bridgehead atoms. The van der Waals surface area contributed by atoms with Gasteiger partial charge in [-0.25, -0.2) is 0 Å². The normalized spacial score (nSPS) is 17.3. The van der Waals surface area contributed by atoms with E-state index in [1.54, 1.807) is 12.1 Å². The summed E-state index contributed by atoms with van der Waals surface area (Å²) in [5, 5.41) is 0. The van der Waals surface area contributed by atoms with E-state index < -0.39 is 43.0 Å². The van der Waals surface area contributed by atoms with Crippen molar-refractivity contribution in [1.82, 2.24) is 4.90 Å². The highest BCUT2D eigenvalue weighted by atomic mass is 19.4. The maximum atomic E-state index is 12.7. The minimum Gasteiger partial charge on any atom is -0.370 e. The number of benzene rings is 1. The van der Waals surface area contributed by atoms with Gasteiger partial charge in [0.05, 0.1) is 12.5 Å². The third-order valence-corrected chi connectivity index (χ3v) is 3.16. The Hall–Kier alpha value is -2.58. The highest BCUT2D eigenvalue weighted by molar-refractivity contribution is 6.00. The second kappa shape index (κ2) is 5.66. The zero-order valence-corrected chi connectivity index (χ0v) is 11.3. The smallest absolute Gasteiger partial charge is 0.370 e. The largest absolute Gasteiger partial charge is 0.406 e. The second-order valence-corrected chi connectivity index (χ2v) is 4.79. The van der Waals surface area contributed by atoms with Gasteiger partial charge in [-0.15, -0.1) is 0 Å². The number of hydrogen-bond donors (Lipinski definition) is 2. The van der Waals surface area contributed by atoms with Crippen LogP contribution < -0.4 is 11.5 Å². The number of fused-ring (bicyclic) bond motifs is 1. The molecule has 2 rings (SSSR count). The monoisotopic (exact) mass is 314 g/mol. The fraction of sp³-hybridized carbons (Fsp3) is 0.308. The molecular weight excluding hydrogens is 301 g/mol. The van der Waals surface area contributed by atoms with Crippen molar-refractivity contribution in [1.29, 1.82) is 0 Å². The molecule has 0 fully saturated rings. The zero-order valence-electron chi connectivity index (χ0n) is 11.3. The van der Waals surface area contributed by atoms with E-state index >= 15 is 0 Å². The van der Waals surface area contributed by atoms with E-state index in [2.05, 4.69) is 4.99 Å². The number of carbonyl (C=O) groups excluding carboxylic acids is 2. The summed E-state index contributed by atoms with van der Waals surface area (Å²) < 4.78 is 38.0. The highest BCUT2D eigenvalue weighted by Gasteiger charge is 2.43. The average Bonchev–Trinajstić information content (AvgIpc) is 2.62. The Bertz CT molecular complexity index is 638. The number of carbonyl (C=O) groups is 2. The first-order valence-electron chi connectivity index (χ1n) is 6.28. The summed E-state index contributed by atoms with van der Waals surface area (Å²) in [4.78, 5) is 27.7. The van der Waals surface area contributed by atoms with Gasteiger partial charge in [-0.05, 0) is 11.6 Å². The summed E-state index contributed by atoms with van der Waals surface area (Å²) >= 11 is 0. The Morgan fingerprint density at radius 2 is 1.91 bits per heavy atom. The fourth-order valence-electron chi connectivity index (χ4n) is 2.40. The third kappa shape index (κ3) is 3.35. The Kier molecular flexibility index (Phi) is 4.07. The van der Waals surface area contributed by atoms with Gasteiger partial charge in [0.25, 0.3) is 11.8 Å². The van der Waals surface area contributed by atoms with Crippen LogP contribution in [-0.4, -0.2) is 35.4 Å². The highest BCUT2D eigenvalue weighted by Crippen LogP contribution is 2.37. The van der Waals surface area contributed by atoms with Crippen molar-refractivity contribution in [3.05, 3.63) is 35.4 Å². The standard InChI is InChI=1S/C13H13F3N4O2/c14-13(15,16)6-20-9(5-10(21)19-12(17)18)7-3-1-2-4-8(7)11(20)22/h1-4,9H,5-6H2,(H4,17,18,19,21). The van der Waals surface area contributed by atoms with Crippen LogP contribution in [0.15, 0.2) is 29.3 Å². The van der Waals surface area contributed by atoms with Crippen molar-refractivity contribution >= 4 is 17.8 Å². The van der Waals surface area contributed by atoms with E-state index in [1.807, 2.05) is 0 Å². The number of nitrogens with two attached hydrogens (primary N) is 2. The molecule has 0 aliphatic carbocycles. The number of hydrogen-bond acceptors (Lipinski definition) is 2. The topological polar surface area (TPSA) is 102 Å². The molecule has 1 aliphatic rings. The lowest BCUT2D eigenvalue weighted by atomic mass is 10.0.